The lowest BCUT2D eigenvalue weighted by atomic mass is 9.95. The standard InChI is InChI=1S/C11H11Cl2N3O/c12-9-14-10(13)16-11(15-9)17-5-8-4-6-1-2-7(8)3-6/h1-2,6-8H,3-5H2/t6-,7+,8?/m1/s1. The van der Waals surface area contributed by atoms with Gasteiger partial charge in [-0.05, 0) is 53.8 Å². The Labute approximate surface area is 109 Å². The smallest absolute Gasteiger partial charge is 0.322 e. The topological polar surface area (TPSA) is 47.9 Å². The number of aromatic nitrogens is 3. The molecule has 0 aromatic carbocycles. The van der Waals surface area contributed by atoms with Crippen molar-refractivity contribution in [3.05, 3.63) is 22.7 Å². The van der Waals surface area contributed by atoms with Crippen LogP contribution in [0.15, 0.2) is 12.2 Å². The van der Waals surface area contributed by atoms with E-state index in [0.29, 0.717) is 18.4 Å². The van der Waals surface area contributed by atoms with Gasteiger partial charge in [-0.3, -0.25) is 0 Å². The molecule has 1 saturated carbocycles. The van der Waals surface area contributed by atoms with Gasteiger partial charge in [-0.1, -0.05) is 12.2 Å². The molecule has 0 aliphatic heterocycles. The SMILES string of the molecule is Clc1nc(Cl)nc(OCC2C[C@@H]3C=C[C@H]2C3)n1. The summed E-state index contributed by atoms with van der Waals surface area (Å²) >= 11 is 11.3. The molecule has 6 heteroatoms. The molecule has 2 aliphatic rings. The minimum absolute atomic E-state index is 0.0628. The number of fused-ring (bicyclic) bond motifs is 2. The van der Waals surface area contributed by atoms with Crippen LogP contribution in [-0.2, 0) is 0 Å². The Morgan fingerprint density at radius 3 is 2.47 bits per heavy atom. The molecule has 1 aromatic rings. The third kappa shape index (κ3) is 2.38. The quantitative estimate of drug-likeness (QED) is 0.794. The van der Waals surface area contributed by atoms with Crippen LogP contribution in [-0.4, -0.2) is 21.6 Å². The zero-order valence-corrected chi connectivity index (χ0v) is 10.5. The Bertz CT molecular complexity index is 446. The van der Waals surface area contributed by atoms with Gasteiger partial charge in [-0.2, -0.15) is 15.0 Å². The zero-order valence-electron chi connectivity index (χ0n) is 9.01. The maximum absolute atomic E-state index is 5.67. The first-order valence-electron chi connectivity index (χ1n) is 5.59. The summed E-state index contributed by atoms with van der Waals surface area (Å²) in [7, 11) is 0. The lowest BCUT2D eigenvalue weighted by molar-refractivity contribution is 0.212. The summed E-state index contributed by atoms with van der Waals surface area (Å²) in [6, 6.07) is 0.210. The summed E-state index contributed by atoms with van der Waals surface area (Å²) in [5, 5.41) is 0.126. The summed E-state index contributed by atoms with van der Waals surface area (Å²) in [6.07, 6.45) is 7.04. The van der Waals surface area contributed by atoms with Crippen LogP contribution in [0.5, 0.6) is 6.01 Å². The number of ether oxygens (including phenoxy) is 1. The first-order chi connectivity index (χ1) is 8.20. The largest absolute Gasteiger partial charge is 0.463 e. The molecule has 0 radical (unpaired) electrons. The molecule has 3 rings (SSSR count). The average molecular weight is 272 g/mol. The molecule has 0 spiro atoms. The van der Waals surface area contributed by atoms with Gasteiger partial charge in [0, 0.05) is 0 Å². The highest BCUT2D eigenvalue weighted by Crippen LogP contribution is 2.43. The number of rotatable bonds is 3. The minimum atomic E-state index is 0.0628. The van der Waals surface area contributed by atoms with Gasteiger partial charge >= 0.3 is 6.01 Å². The highest BCUT2D eigenvalue weighted by atomic mass is 35.5. The lowest BCUT2D eigenvalue weighted by Crippen LogP contribution is -2.17. The molecule has 90 valence electrons. The van der Waals surface area contributed by atoms with Gasteiger partial charge < -0.3 is 4.74 Å². The van der Waals surface area contributed by atoms with Crippen molar-refractivity contribution in [1.82, 2.24) is 15.0 Å². The fourth-order valence-corrected chi connectivity index (χ4v) is 2.99. The molecule has 1 fully saturated rings. The molecule has 0 saturated heterocycles. The van der Waals surface area contributed by atoms with Gasteiger partial charge in [0.1, 0.15) is 0 Å². The molecule has 0 N–H and O–H groups in total. The van der Waals surface area contributed by atoms with Crippen LogP contribution >= 0.6 is 23.2 Å². The third-order valence-corrected chi connectivity index (χ3v) is 3.74. The van der Waals surface area contributed by atoms with Crippen molar-refractivity contribution in [3.8, 4) is 6.01 Å². The summed E-state index contributed by atoms with van der Waals surface area (Å²) < 4.78 is 5.54. The van der Waals surface area contributed by atoms with Crippen LogP contribution in [0, 0.1) is 17.8 Å². The number of allylic oxidation sites excluding steroid dienone is 2. The van der Waals surface area contributed by atoms with Gasteiger partial charge in [-0.25, -0.2) is 0 Å². The number of hydrogen-bond acceptors (Lipinski definition) is 4. The van der Waals surface area contributed by atoms with Crippen LogP contribution < -0.4 is 4.74 Å². The van der Waals surface area contributed by atoms with Crippen LogP contribution in [0.4, 0.5) is 0 Å². The maximum Gasteiger partial charge on any atom is 0.322 e. The molecule has 2 aliphatic carbocycles. The molecule has 1 unspecified atom stereocenters. The predicted molar refractivity (Wildman–Crippen MR) is 64.2 cm³/mol. The van der Waals surface area contributed by atoms with Crippen LogP contribution in [0.1, 0.15) is 12.8 Å². The van der Waals surface area contributed by atoms with E-state index in [0.717, 1.165) is 5.92 Å². The van der Waals surface area contributed by atoms with Gasteiger partial charge in [-0.15, -0.1) is 0 Å². The Kier molecular flexibility index (Phi) is 2.92. The van der Waals surface area contributed by atoms with Crippen molar-refractivity contribution < 1.29 is 4.74 Å². The second-order valence-corrected chi connectivity index (χ2v) is 5.18. The molecule has 2 bridgehead atoms. The Morgan fingerprint density at radius 2 is 1.88 bits per heavy atom. The second kappa shape index (κ2) is 4.42. The van der Waals surface area contributed by atoms with Gasteiger partial charge in [0.05, 0.1) is 6.61 Å². The van der Waals surface area contributed by atoms with Gasteiger partial charge in [0.25, 0.3) is 0 Å². The molecule has 1 aromatic heterocycles. The zero-order chi connectivity index (χ0) is 11.8. The fourth-order valence-electron chi connectivity index (χ4n) is 2.64. The highest BCUT2D eigenvalue weighted by Gasteiger charge is 2.35. The summed E-state index contributed by atoms with van der Waals surface area (Å²) in [5.74, 6) is 1.94. The van der Waals surface area contributed by atoms with Crippen LogP contribution in [0.25, 0.3) is 0 Å². The van der Waals surface area contributed by atoms with E-state index < -0.39 is 0 Å². The molecule has 4 nitrogen and oxygen atoms in total. The number of hydrogen-bond donors (Lipinski definition) is 0. The van der Waals surface area contributed by atoms with E-state index in [1.807, 2.05) is 0 Å². The summed E-state index contributed by atoms with van der Waals surface area (Å²) in [4.78, 5) is 11.4. The minimum Gasteiger partial charge on any atom is -0.463 e. The Balaban J connectivity index is 1.62. The van der Waals surface area contributed by atoms with Gasteiger partial charge in [0.15, 0.2) is 0 Å². The fraction of sp³-hybridized carbons (Fsp3) is 0.545. The van der Waals surface area contributed by atoms with E-state index in [-0.39, 0.29) is 16.6 Å². The average Bonchev–Trinajstić information content (AvgIpc) is 2.86. The van der Waals surface area contributed by atoms with Crippen LogP contribution in [0.2, 0.25) is 10.6 Å². The van der Waals surface area contributed by atoms with Crippen molar-refractivity contribution in [2.45, 2.75) is 12.8 Å². The molecular formula is C11H11Cl2N3O. The summed E-state index contributed by atoms with van der Waals surface area (Å²) in [6.45, 7) is 0.613. The highest BCUT2D eigenvalue weighted by molar-refractivity contribution is 6.31. The van der Waals surface area contributed by atoms with Gasteiger partial charge in [0.2, 0.25) is 10.6 Å². The van der Waals surface area contributed by atoms with E-state index in [1.54, 1.807) is 0 Å². The maximum atomic E-state index is 5.67. The van der Waals surface area contributed by atoms with Crippen molar-refractivity contribution in [2.24, 2.45) is 17.8 Å². The Hall–Kier alpha value is -0.870. The molecule has 17 heavy (non-hydrogen) atoms. The first-order valence-corrected chi connectivity index (χ1v) is 6.34. The van der Waals surface area contributed by atoms with Crippen LogP contribution in [0.3, 0.4) is 0 Å². The molecule has 1 heterocycles. The van der Waals surface area contributed by atoms with Crippen molar-refractivity contribution in [1.29, 1.82) is 0 Å². The van der Waals surface area contributed by atoms with Crippen molar-refractivity contribution in [3.63, 3.8) is 0 Å². The van der Waals surface area contributed by atoms with Crippen molar-refractivity contribution >= 4 is 23.2 Å². The molecule has 3 atom stereocenters. The Morgan fingerprint density at radius 1 is 1.12 bits per heavy atom. The van der Waals surface area contributed by atoms with E-state index in [4.69, 9.17) is 27.9 Å². The molecule has 0 amide bonds. The van der Waals surface area contributed by atoms with Crippen molar-refractivity contribution in [2.75, 3.05) is 6.61 Å². The molecular weight excluding hydrogens is 261 g/mol. The second-order valence-electron chi connectivity index (χ2n) is 4.51. The van der Waals surface area contributed by atoms with E-state index >= 15 is 0 Å². The van der Waals surface area contributed by atoms with E-state index in [1.165, 1.54) is 12.8 Å². The third-order valence-electron chi connectivity index (χ3n) is 3.40. The monoisotopic (exact) mass is 271 g/mol. The van der Waals surface area contributed by atoms with E-state index in [9.17, 15) is 0 Å². The first kappa shape index (κ1) is 11.2. The van der Waals surface area contributed by atoms with E-state index in [2.05, 4.69) is 27.1 Å². The predicted octanol–water partition coefficient (Wildman–Crippen LogP) is 2.77. The summed E-state index contributed by atoms with van der Waals surface area (Å²) in [5.41, 5.74) is 0. The number of nitrogens with zero attached hydrogens (tertiary/aromatic N) is 3. The normalized spacial score (nSPS) is 29.9. The lowest BCUT2D eigenvalue weighted by Gasteiger charge is -2.17. The number of halogens is 2.